The molecule has 0 bridgehead atoms. The molecule has 0 saturated carbocycles. The molecular formula is C24H21N7O2. The largest absolute Gasteiger partial charge is 0.364 e. The maximum atomic E-state index is 11.8. The first-order valence-electron chi connectivity index (χ1n) is 10.3. The fourth-order valence-corrected chi connectivity index (χ4v) is 3.10. The number of nitro groups is 1. The highest BCUT2D eigenvalue weighted by Crippen LogP contribution is 2.31. The predicted octanol–water partition coefficient (Wildman–Crippen LogP) is 6.20. The molecule has 1 heterocycles. The molecule has 0 unspecified atom stereocenters. The van der Waals surface area contributed by atoms with E-state index in [0.29, 0.717) is 24.3 Å². The zero-order chi connectivity index (χ0) is 22.9. The molecule has 33 heavy (non-hydrogen) atoms. The molecule has 9 heteroatoms. The van der Waals surface area contributed by atoms with Gasteiger partial charge in [0, 0.05) is 12.2 Å². The number of nitrogens with one attached hydrogen (secondary N) is 2. The summed E-state index contributed by atoms with van der Waals surface area (Å²) in [4.78, 5) is 19.4. The third kappa shape index (κ3) is 5.95. The van der Waals surface area contributed by atoms with Gasteiger partial charge < -0.3 is 10.6 Å². The monoisotopic (exact) mass is 439 g/mol. The Hall–Kier alpha value is -4.66. The molecule has 0 atom stereocenters. The fourth-order valence-electron chi connectivity index (χ4n) is 3.10. The first kappa shape index (κ1) is 21.6. The van der Waals surface area contributed by atoms with Gasteiger partial charge in [-0.15, -0.1) is 0 Å². The molecule has 0 aliphatic carbocycles. The minimum absolute atomic E-state index is 0.107. The third-order valence-corrected chi connectivity index (χ3v) is 4.72. The van der Waals surface area contributed by atoms with E-state index in [2.05, 4.69) is 30.8 Å². The molecule has 0 fully saturated rings. The fraction of sp³-hybridized carbons (Fsp3) is 0.0833. The van der Waals surface area contributed by atoms with Crippen LogP contribution >= 0.6 is 0 Å². The molecule has 0 aliphatic rings. The summed E-state index contributed by atoms with van der Waals surface area (Å²) in [5.74, 6) is 0.276. The summed E-state index contributed by atoms with van der Waals surface area (Å²) >= 11 is 0. The van der Waals surface area contributed by atoms with Crippen LogP contribution in [0.2, 0.25) is 0 Å². The van der Waals surface area contributed by atoms with Crippen LogP contribution in [0, 0.1) is 10.1 Å². The Kier molecular flexibility index (Phi) is 6.92. The van der Waals surface area contributed by atoms with Crippen LogP contribution < -0.4 is 10.6 Å². The lowest BCUT2D eigenvalue weighted by atomic mass is 10.1. The van der Waals surface area contributed by atoms with E-state index in [1.165, 1.54) is 6.33 Å². The maximum Gasteiger partial charge on any atom is 0.353 e. The number of anilines is 3. The summed E-state index contributed by atoms with van der Waals surface area (Å²) in [5, 5.41) is 26.2. The molecule has 0 saturated heterocycles. The molecule has 0 aliphatic heterocycles. The van der Waals surface area contributed by atoms with E-state index in [4.69, 9.17) is 0 Å². The van der Waals surface area contributed by atoms with Gasteiger partial charge in [-0.3, -0.25) is 10.1 Å². The van der Waals surface area contributed by atoms with E-state index in [0.717, 1.165) is 11.3 Å². The average Bonchev–Trinajstić information content (AvgIpc) is 2.85. The Bertz CT molecular complexity index is 1230. The predicted molar refractivity (Wildman–Crippen MR) is 128 cm³/mol. The van der Waals surface area contributed by atoms with Gasteiger partial charge in [0.1, 0.15) is 6.33 Å². The molecule has 9 nitrogen and oxygen atoms in total. The van der Waals surface area contributed by atoms with E-state index in [-0.39, 0.29) is 17.3 Å². The summed E-state index contributed by atoms with van der Waals surface area (Å²) < 4.78 is 0. The van der Waals surface area contributed by atoms with Crippen LogP contribution in [0.1, 0.15) is 5.56 Å². The van der Waals surface area contributed by atoms with Gasteiger partial charge in [-0.2, -0.15) is 10.2 Å². The molecule has 2 N–H and O–H groups in total. The number of hydrogen-bond acceptors (Lipinski definition) is 8. The second kappa shape index (κ2) is 10.6. The number of benzene rings is 3. The van der Waals surface area contributed by atoms with E-state index < -0.39 is 4.92 Å². The standard InChI is InChI=1S/C24H21N7O2/c32-31(33)22-23(25-16-15-18-7-3-1-4-8-18)26-17-27-24(22)28-19-11-13-21(14-12-19)30-29-20-9-5-2-6-10-20/h1-14,17H,15-16H2,(H2,25,26,27,28). The van der Waals surface area contributed by atoms with E-state index in [9.17, 15) is 10.1 Å². The molecule has 4 rings (SSSR count). The normalized spacial score (nSPS) is 10.8. The van der Waals surface area contributed by atoms with Crippen molar-refractivity contribution in [1.29, 1.82) is 0 Å². The number of aromatic nitrogens is 2. The van der Waals surface area contributed by atoms with Gasteiger partial charge in [0.15, 0.2) is 0 Å². The topological polar surface area (TPSA) is 118 Å². The molecule has 0 spiro atoms. The van der Waals surface area contributed by atoms with E-state index >= 15 is 0 Å². The Labute approximate surface area is 190 Å². The van der Waals surface area contributed by atoms with Crippen molar-refractivity contribution in [2.75, 3.05) is 17.2 Å². The molecule has 3 aromatic carbocycles. The minimum atomic E-state index is -0.490. The van der Waals surface area contributed by atoms with Gasteiger partial charge in [0.05, 0.1) is 16.3 Å². The number of rotatable bonds is 9. The zero-order valence-electron chi connectivity index (χ0n) is 17.6. The Morgan fingerprint density at radius 1 is 0.788 bits per heavy atom. The zero-order valence-corrected chi connectivity index (χ0v) is 17.6. The lowest BCUT2D eigenvalue weighted by Gasteiger charge is -2.10. The lowest BCUT2D eigenvalue weighted by molar-refractivity contribution is -0.383. The van der Waals surface area contributed by atoms with Crippen LogP contribution in [0.3, 0.4) is 0 Å². The van der Waals surface area contributed by atoms with Gasteiger partial charge in [-0.05, 0) is 48.4 Å². The second-order valence-corrected chi connectivity index (χ2v) is 7.05. The Balaban J connectivity index is 1.45. The Morgan fingerprint density at radius 3 is 2.06 bits per heavy atom. The van der Waals surface area contributed by atoms with Crippen molar-refractivity contribution in [2.24, 2.45) is 10.2 Å². The first-order valence-corrected chi connectivity index (χ1v) is 10.3. The quantitative estimate of drug-likeness (QED) is 0.182. The molecule has 1 aromatic heterocycles. The number of nitrogens with zero attached hydrogens (tertiary/aromatic N) is 5. The van der Waals surface area contributed by atoms with Gasteiger partial charge in [-0.1, -0.05) is 48.5 Å². The van der Waals surface area contributed by atoms with Crippen LogP contribution in [0.15, 0.2) is 101 Å². The molecule has 4 aromatic rings. The average molecular weight is 439 g/mol. The van der Waals surface area contributed by atoms with Crippen LogP contribution in [0.25, 0.3) is 0 Å². The van der Waals surface area contributed by atoms with Crippen molar-refractivity contribution in [3.8, 4) is 0 Å². The molecule has 0 radical (unpaired) electrons. The SMILES string of the molecule is O=[N+]([O-])c1c(NCCc2ccccc2)ncnc1Nc1ccc(N=Nc2ccccc2)cc1. The van der Waals surface area contributed by atoms with Gasteiger partial charge in [0.2, 0.25) is 11.6 Å². The summed E-state index contributed by atoms with van der Waals surface area (Å²) in [6, 6.07) is 26.3. The third-order valence-electron chi connectivity index (χ3n) is 4.72. The van der Waals surface area contributed by atoms with Crippen LogP contribution in [-0.4, -0.2) is 21.4 Å². The van der Waals surface area contributed by atoms with Crippen molar-refractivity contribution < 1.29 is 4.92 Å². The van der Waals surface area contributed by atoms with Crippen molar-refractivity contribution in [2.45, 2.75) is 6.42 Å². The van der Waals surface area contributed by atoms with Gasteiger partial charge in [0.25, 0.3) is 0 Å². The van der Waals surface area contributed by atoms with Gasteiger partial charge in [-0.25, -0.2) is 9.97 Å². The maximum absolute atomic E-state index is 11.8. The van der Waals surface area contributed by atoms with Crippen molar-refractivity contribution in [3.05, 3.63) is 107 Å². The van der Waals surface area contributed by atoms with Crippen molar-refractivity contribution >= 4 is 34.4 Å². The second-order valence-electron chi connectivity index (χ2n) is 7.05. The van der Waals surface area contributed by atoms with Crippen molar-refractivity contribution in [1.82, 2.24) is 9.97 Å². The number of hydrogen-bond donors (Lipinski definition) is 2. The lowest BCUT2D eigenvalue weighted by Crippen LogP contribution is -2.10. The first-order chi connectivity index (χ1) is 16.2. The summed E-state index contributed by atoms with van der Waals surface area (Å²) in [5.41, 5.74) is 2.96. The molecule has 0 amide bonds. The number of azo groups is 1. The molecular weight excluding hydrogens is 418 g/mol. The minimum Gasteiger partial charge on any atom is -0.364 e. The summed E-state index contributed by atoms with van der Waals surface area (Å²) in [7, 11) is 0. The molecule has 164 valence electrons. The van der Waals surface area contributed by atoms with Crippen LogP contribution in [0.4, 0.5) is 34.4 Å². The van der Waals surface area contributed by atoms with E-state index in [1.54, 1.807) is 24.3 Å². The van der Waals surface area contributed by atoms with Crippen LogP contribution in [0.5, 0.6) is 0 Å². The Morgan fingerprint density at radius 2 is 1.39 bits per heavy atom. The highest BCUT2D eigenvalue weighted by Gasteiger charge is 2.23. The highest BCUT2D eigenvalue weighted by molar-refractivity contribution is 5.74. The van der Waals surface area contributed by atoms with Crippen LogP contribution in [-0.2, 0) is 6.42 Å². The summed E-state index contributed by atoms with van der Waals surface area (Å²) in [6.07, 6.45) is 2.01. The highest BCUT2D eigenvalue weighted by atomic mass is 16.6. The smallest absolute Gasteiger partial charge is 0.353 e. The van der Waals surface area contributed by atoms with Crippen molar-refractivity contribution in [3.63, 3.8) is 0 Å². The summed E-state index contributed by atoms with van der Waals surface area (Å²) in [6.45, 7) is 0.502. The van der Waals surface area contributed by atoms with Gasteiger partial charge >= 0.3 is 5.69 Å². The van der Waals surface area contributed by atoms with E-state index in [1.807, 2.05) is 60.7 Å².